The van der Waals surface area contributed by atoms with Crippen molar-refractivity contribution in [2.75, 3.05) is 0 Å². The molecule has 1 aromatic heterocycles. The van der Waals surface area contributed by atoms with Gasteiger partial charge in [0, 0.05) is 18.2 Å². The molecule has 0 fully saturated rings. The Morgan fingerprint density at radius 3 is 2.52 bits per heavy atom. The second kappa shape index (κ2) is 9.67. The molecule has 0 aliphatic heterocycles. The average molecular weight is 439 g/mol. The number of benzene rings is 3. The molecule has 0 unspecified atom stereocenters. The van der Waals surface area contributed by atoms with Gasteiger partial charge in [0.25, 0.3) is 0 Å². The summed E-state index contributed by atoms with van der Waals surface area (Å²) in [4.78, 5) is 16.4. The summed E-state index contributed by atoms with van der Waals surface area (Å²) < 4.78 is 6.11. The molecular formula is C28H26N2O3. The van der Waals surface area contributed by atoms with E-state index >= 15 is 0 Å². The molecule has 0 amide bonds. The van der Waals surface area contributed by atoms with Crippen molar-refractivity contribution in [3.63, 3.8) is 0 Å². The van der Waals surface area contributed by atoms with Gasteiger partial charge in [0.1, 0.15) is 5.75 Å². The Morgan fingerprint density at radius 2 is 1.76 bits per heavy atom. The number of rotatable bonds is 7. The number of aromatic carboxylic acids is 1. The number of nitrogens with two attached hydrogens (primary N) is 1. The Labute approximate surface area is 193 Å². The van der Waals surface area contributed by atoms with Crippen LogP contribution in [-0.4, -0.2) is 16.1 Å². The number of carboxylic acids is 1. The van der Waals surface area contributed by atoms with Crippen LogP contribution in [0.2, 0.25) is 0 Å². The SMILES string of the molecule is CCc1ccc(C(=O)O)c(-c2cccc(Oc3cc(C)cc(-c4cccc(CN)c4)c3)n2)c1. The molecule has 5 heteroatoms. The summed E-state index contributed by atoms with van der Waals surface area (Å²) in [6.45, 7) is 4.53. The van der Waals surface area contributed by atoms with Crippen LogP contribution in [0.4, 0.5) is 0 Å². The topological polar surface area (TPSA) is 85.4 Å². The van der Waals surface area contributed by atoms with E-state index in [0.717, 1.165) is 34.2 Å². The predicted molar refractivity (Wildman–Crippen MR) is 131 cm³/mol. The zero-order valence-corrected chi connectivity index (χ0v) is 18.7. The Bertz CT molecular complexity index is 1310. The van der Waals surface area contributed by atoms with E-state index in [1.54, 1.807) is 18.2 Å². The summed E-state index contributed by atoms with van der Waals surface area (Å²) in [5, 5.41) is 9.63. The first-order valence-corrected chi connectivity index (χ1v) is 10.9. The number of pyridine rings is 1. The number of nitrogens with zero attached hydrogens (tertiary/aromatic N) is 1. The van der Waals surface area contributed by atoms with Crippen LogP contribution in [-0.2, 0) is 13.0 Å². The molecule has 166 valence electrons. The monoisotopic (exact) mass is 438 g/mol. The number of aromatic nitrogens is 1. The fourth-order valence-electron chi connectivity index (χ4n) is 3.80. The fourth-order valence-corrected chi connectivity index (χ4v) is 3.80. The van der Waals surface area contributed by atoms with Crippen LogP contribution in [0.1, 0.15) is 34.0 Å². The molecule has 5 nitrogen and oxygen atoms in total. The number of hydrogen-bond donors (Lipinski definition) is 2. The third kappa shape index (κ3) is 5.10. The highest BCUT2D eigenvalue weighted by atomic mass is 16.5. The Morgan fingerprint density at radius 1 is 0.939 bits per heavy atom. The number of aryl methyl sites for hydroxylation is 2. The third-order valence-corrected chi connectivity index (χ3v) is 5.49. The van der Waals surface area contributed by atoms with Crippen molar-refractivity contribution in [1.82, 2.24) is 4.98 Å². The highest BCUT2D eigenvalue weighted by Gasteiger charge is 2.14. The second-order valence-electron chi connectivity index (χ2n) is 7.94. The van der Waals surface area contributed by atoms with E-state index in [2.05, 4.69) is 17.1 Å². The fraction of sp³-hybridized carbons (Fsp3) is 0.143. The number of carboxylic acid groups (broad SMARTS) is 1. The molecule has 4 aromatic rings. The number of ether oxygens (including phenoxy) is 1. The average Bonchev–Trinajstić information content (AvgIpc) is 2.83. The van der Waals surface area contributed by atoms with Crippen molar-refractivity contribution in [3.05, 3.63) is 101 Å². The van der Waals surface area contributed by atoms with Gasteiger partial charge >= 0.3 is 5.97 Å². The van der Waals surface area contributed by atoms with Crippen molar-refractivity contribution in [1.29, 1.82) is 0 Å². The molecule has 0 bridgehead atoms. The van der Waals surface area contributed by atoms with Crippen LogP contribution >= 0.6 is 0 Å². The first-order valence-electron chi connectivity index (χ1n) is 10.9. The van der Waals surface area contributed by atoms with Crippen LogP contribution < -0.4 is 10.5 Å². The van der Waals surface area contributed by atoms with E-state index in [4.69, 9.17) is 10.5 Å². The van der Waals surface area contributed by atoms with Crippen molar-refractivity contribution in [2.24, 2.45) is 5.73 Å². The Balaban J connectivity index is 1.69. The van der Waals surface area contributed by atoms with Gasteiger partial charge in [-0.2, -0.15) is 0 Å². The second-order valence-corrected chi connectivity index (χ2v) is 7.94. The van der Waals surface area contributed by atoms with Crippen LogP contribution in [0.15, 0.2) is 78.9 Å². The lowest BCUT2D eigenvalue weighted by Gasteiger charge is -2.12. The van der Waals surface area contributed by atoms with E-state index in [0.29, 0.717) is 29.4 Å². The quantitative estimate of drug-likeness (QED) is 0.357. The van der Waals surface area contributed by atoms with Gasteiger partial charge in [-0.1, -0.05) is 43.3 Å². The minimum absolute atomic E-state index is 0.217. The molecule has 0 aliphatic carbocycles. The molecule has 0 aliphatic rings. The zero-order chi connectivity index (χ0) is 23.4. The van der Waals surface area contributed by atoms with Gasteiger partial charge in [0.15, 0.2) is 0 Å². The third-order valence-electron chi connectivity index (χ3n) is 5.49. The summed E-state index contributed by atoms with van der Waals surface area (Å²) in [5.41, 5.74) is 12.4. The van der Waals surface area contributed by atoms with Crippen LogP contribution in [0.5, 0.6) is 11.6 Å². The Kier molecular flexibility index (Phi) is 6.52. The highest BCUT2D eigenvalue weighted by molar-refractivity contribution is 5.95. The first kappa shape index (κ1) is 22.2. The maximum atomic E-state index is 11.8. The van der Waals surface area contributed by atoms with E-state index in [1.165, 1.54) is 0 Å². The summed E-state index contributed by atoms with van der Waals surface area (Å²) in [6, 6.07) is 24.9. The van der Waals surface area contributed by atoms with Gasteiger partial charge in [0.05, 0.1) is 11.3 Å². The molecule has 0 saturated carbocycles. The first-order chi connectivity index (χ1) is 16.0. The van der Waals surface area contributed by atoms with E-state index in [1.807, 2.05) is 62.4 Å². The Hall–Kier alpha value is -3.96. The van der Waals surface area contributed by atoms with Crippen LogP contribution in [0.25, 0.3) is 22.4 Å². The smallest absolute Gasteiger partial charge is 0.336 e. The lowest BCUT2D eigenvalue weighted by Crippen LogP contribution is -2.02. The van der Waals surface area contributed by atoms with Crippen molar-refractivity contribution in [3.8, 4) is 34.0 Å². The standard InChI is InChI=1S/C28H26N2O3/c1-3-19-10-11-24(28(31)32)25(15-19)26-8-5-9-27(30-26)33-23-13-18(2)12-22(16-23)21-7-4-6-20(14-21)17-29/h4-16H,3,17,29H2,1-2H3,(H,31,32). The molecule has 0 radical (unpaired) electrons. The van der Waals surface area contributed by atoms with Gasteiger partial charge in [-0.05, 0) is 77.6 Å². The van der Waals surface area contributed by atoms with E-state index < -0.39 is 5.97 Å². The largest absolute Gasteiger partial charge is 0.478 e. The number of hydrogen-bond acceptors (Lipinski definition) is 4. The summed E-state index contributed by atoms with van der Waals surface area (Å²) in [5.74, 6) is 0.0791. The molecule has 0 atom stereocenters. The molecular weight excluding hydrogens is 412 g/mol. The van der Waals surface area contributed by atoms with Gasteiger partial charge in [-0.3, -0.25) is 0 Å². The zero-order valence-electron chi connectivity index (χ0n) is 18.7. The van der Waals surface area contributed by atoms with E-state index in [9.17, 15) is 9.90 Å². The predicted octanol–water partition coefficient (Wildman–Crippen LogP) is 6.24. The minimum atomic E-state index is -0.983. The van der Waals surface area contributed by atoms with Crippen LogP contribution in [0.3, 0.4) is 0 Å². The maximum absolute atomic E-state index is 11.8. The summed E-state index contributed by atoms with van der Waals surface area (Å²) in [7, 11) is 0. The molecule has 3 aromatic carbocycles. The normalized spacial score (nSPS) is 10.8. The van der Waals surface area contributed by atoms with Gasteiger partial charge in [-0.15, -0.1) is 0 Å². The highest BCUT2D eigenvalue weighted by Crippen LogP contribution is 2.31. The van der Waals surface area contributed by atoms with Gasteiger partial charge < -0.3 is 15.6 Å². The van der Waals surface area contributed by atoms with Crippen LogP contribution in [0, 0.1) is 6.92 Å². The van der Waals surface area contributed by atoms with Crippen molar-refractivity contribution >= 4 is 5.97 Å². The molecule has 3 N–H and O–H groups in total. The summed E-state index contributed by atoms with van der Waals surface area (Å²) >= 11 is 0. The van der Waals surface area contributed by atoms with Crippen molar-refractivity contribution in [2.45, 2.75) is 26.8 Å². The molecule has 4 rings (SSSR count). The van der Waals surface area contributed by atoms with Gasteiger partial charge in [0.2, 0.25) is 5.88 Å². The van der Waals surface area contributed by atoms with Crippen molar-refractivity contribution < 1.29 is 14.6 Å². The number of carbonyl (C=O) groups is 1. The molecule has 1 heterocycles. The lowest BCUT2D eigenvalue weighted by atomic mass is 9.99. The molecule has 33 heavy (non-hydrogen) atoms. The van der Waals surface area contributed by atoms with E-state index in [-0.39, 0.29) is 5.56 Å². The maximum Gasteiger partial charge on any atom is 0.336 e. The molecule has 0 spiro atoms. The summed E-state index contributed by atoms with van der Waals surface area (Å²) in [6.07, 6.45) is 0.806. The molecule has 0 saturated heterocycles. The lowest BCUT2D eigenvalue weighted by molar-refractivity contribution is 0.0697. The van der Waals surface area contributed by atoms with Gasteiger partial charge in [-0.25, -0.2) is 9.78 Å². The minimum Gasteiger partial charge on any atom is -0.478 e.